The second-order valence-electron chi connectivity index (χ2n) is 6.05. The van der Waals surface area contributed by atoms with Crippen molar-refractivity contribution in [3.63, 3.8) is 0 Å². The number of fused-ring (bicyclic) bond motifs is 1. The first-order chi connectivity index (χ1) is 11.2. The minimum Gasteiger partial charge on any atom is -0.445 e. The number of carbonyl (C=O) groups is 1. The maximum Gasteiger partial charge on any atom is 0.410 e. The van der Waals surface area contributed by atoms with Crippen molar-refractivity contribution >= 4 is 22.0 Å². The lowest BCUT2D eigenvalue weighted by molar-refractivity contribution is -0.196. The Morgan fingerprint density at radius 2 is 2.22 bits per heavy atom. The van der Waals surface area contributed by atoms with Crippen LogP contribution in [0.5, 0.6) is 0 Å². The van der Waals surface area contributed by atoms with Crippen LogP contribution in [-0.4, -0.2) is 47.9 Å². The van der Waals surface area contributed by atoms with Gasteiger partial charge in [-0.3, -0.25) is 0 Å². The van der Waals surface area contributed by atoms with Crippen LogP contribution in [0.4, 0.5) is 4.79 Å². The molecule has 5 nitrogen and oxygen atoms in total. The van der Waals surface area contributed by atoms with E-state index in [1.165, 1.54) is 0 Å². The van der Waals surface area contributed by atoms with Crippen LogP contribution in [-0.2, 0) is 20.8 Å². The Labute approximate surface area is 145 Å². The minimum atomic E-state index is -0.641. The fourth-order valence-electron chi connectivity index (χ4n) is 3.34. The highest BCUT2D eigenvalue weighted by atomic mass is 79.9. The monoisotopic (exact) mass is 383 g/mol. The van der Waals surface area contributed by atoms with Crippen molar-refractivity contribution in [2.24, 2.45) is 0 Å². The SMILES string of the molecule is COC1(CBr)C[C@@H]2[C@H](CCCN2C(=O)OCc2ccccc2)O1. The first-order valence-electron chi connectivity index (χ1n) is 7.94. The zero-order valence-electron chi connectivity index (χ0n) is 13.2. The van der Waals surface area contributed by atoms with E-state index in [2.05, 4.69) is 15.9 Å². The lowest BCUT2D eigenvalue weighted by Gasteiger charge is -2.35. The molecule has 0 bridgehead atoms. The Kier molecular flexibility index (Phi) is 5.24. The Morgan fingerprint density at radius 1 is 1.43 bits per heavy atom. The van der Waals surface area contributed by atoms with Crippen LogP contribution < -0.4 is 0 Å². The van der Waals surface area contributed by atoms with Gasteiger partial charge < -0.3 is 19.1 Å². The summed E-state index contributed by atoms with van der Waals surface area (Å²) in [6.45, 7) is 1.00. The number of nitrogens with zero attached hydrogens (tertiary/aromatic N) is 1. The smallest absolute Gasteiger partial charge is 0.410 e. The van der Waals surface area contributed by atoms with Crippen LogP contribution in [0.15, 0.2) is 30.3 Å². The average molecular weight is 384 g/mol. The molecule has 126 valence electrons. The molecule has 0 aliphatic carbocycles. The van der Waals surface area contributed by atoms with E-state index in [0.717, 1.165) is 18.4 Å². The summed E-state index contributed by atoms with van der Waals surface area (Å²) < 4.78 is 17.1. The number of ether oxygens (including phenoxy) is 3. The summed E-state index contributed by atoms with van der Waals surface area (Å²) in [6.07, 6.45) is 2.29. The summed E-state index contributed by atoms with van der Waals surface area (Å²) >= 11 is 3.46. The van der Waals surface area contributed by atoms with Gasteiger partial charge in [0.1, 0.15) is 6.61 Å². The van der Waals surface area contributed by atoms with Crippen LogP contribution in [0, 0.1) is 0 Å². The molecular formula is C17H22BrNO4. The zero-order chi connectivity index (χ0) is 16.3. The quantitative estimate of drug-likeness (QED) is 0.748. The predicted molar refractivity (Wildman–Crippen MR) is 89.4 cm³/mol. The average Bonchev–Trinajstić information content (AvgIpc) is 3.00. The first-order valence-corrected chi connectivity index (χ1v) is 9.06. The van der Waals surface area contributed by atoms with Crippen molar-refractivity contribution in [3.05, 3.63) is 35.9 Å². The van der Waals surface area contributed by atoms with E-state index in [9.17, 15) is 4.79 Å². The van der Waals surface area contributed by atoms with Gasteiger partial charge in [0.25, 0.3) is 0 Å². The summed E-state index contributed by atoms with van der Waals surface area (Å²) in [7, 11) is 1.65. The van der Waals surface area contributed by atoms with Gasteiger partial charge in [0.2, 0.25) is 0 Å². The maximum atomic E-state index is 12.5. The Hall–Kier alpha value is -1.11. The number of methoxy groups -OCH3 is 1. The van der Waals surface area contributed by atoms with E-state index in [0.29, 0.717) is 24.9 Å². The molecule has 2 fully saturated rings. The van der Waals surface area contributed by atoms with Crippen molar-refractivity contribution in [1.82, 2.24) is 4.90 Å². The van der Waals surface area contributed by atoms with Crippen molar-refractivity contribution < 1.29 is 19.0 Å². The molecule has 0 aromatic heterocycles. The van der Waals surface area contributed by atoms with Crippen molar-refractivity contribution in [2.75, 3.05) is 19.0 Å². The fraction of sp³-hybridized carbons (Fsp3) is 0.588. The van der Waals surface area contributed by atoms with Crippen LogP contribution in [0.1, 0.15) is 24.8 Å². The number of amides is 1. The van der Waals surface area contributed by atoms with Gasteiger partial charge in [-0.2, -0.15) is 0 Å². The van der Waals surface area contributed by atoms with Crippen molar-refractivity contribution in [1.29, 1.82) is 0 Å². The third-order valence-electron chi connectivity index (χ3n) is 4.62. The zero-order valence-corrected chi connectivity index (χ0v) is 14.8. The molecule has 0 N–H and O–H groups in total. The molecule has 1 aromatic rings. The number of alkyl halides is 1. The summed E-state index contributed by atoms with van der Waals surface area (Å²) in [4.78, 5) is 14.3. The largest absolute Gasteiger partial charge is 0.445 e. The van der Waals surface area contributed by atoms with Gasteiger partial charge in [0, 0.05) is 20.1 Å². The molecular weight excluding hydrogens is 362 g/mol. The molecule has 2 aliphatic heterocycles. The summed E-state index contributed by atoms with van der Waals surface area (Å²) in [6, 6.07) is 9.74. The van der Waals surface area contributed by atoms with Gasteiger partial charge in [-0.05, 0) is 18.4 Å². The second kappa shape index (κ2) is 7.20. The van der Waals surface area contributed by atoms with Crippen molar-refractivity contribution in [3.8, 4) is 0 Å². The number of rotatable bonds is 4. The number of hydrogen-bond acceptors (Lipinski definition) is 4. The minimum absolute atomic E-state index is 0.0181. The van der Waals surface area contributed by atoms with Crippen LogP contribution >= 0.6 is 15.9 Å². The van der Waals surface area contributed by atoms with E-state index < -0.39 is 5.79 Å². The van der Waals surface area contributed by atoms with Gasteiger partial charge in [-0.25, -0.2) is 4.79 Å². The molecule has 0 saturated carbocycles. The number of hydrogen-bond donors (Lipinski definition) is 0. The molecule has 2 saturated heterocycles. The number of piperidine rings is 1. The normalized spacial score (nSPS) is 30.1. The van der Waals surface area contributed by atoms with E-state index in [-0.39, 0.29) is 18.2 Å². The highest BCUT2D eigenvalue weighted by Crippen LogP contribution is 2.40. The molecule has 0 radical (unpaired) electrons. The maximum absolute atomic E-state index is 12.5. The van der Waals surface area contributed by atoms with Crippen LogP contribution in [0.2, 0.25) is 0 Å². The van der Waals surface area contributed by atoms with E-state index in [4.69, 9.17) is 14.2 Å². The molecule has 1 unspecified atom stereocenters. The lowest BCUT2D eigenvalue weighted by Crippen LogP contribution is -2.49. The molecule has 1 amide bonds. The number of benzene rings is 1. The van der Waals surface area contributed by atoms with Gasteiger partial charge in [-0.15, -0.1) is 0 Å². The third kappa shape index (κ3) is 3.54. The van der Waals surface area contributed by atoms with Gasteiger partial charge >= 0.3 is 6.09 Å². The van der Waals surface area contributed by atoms with E-state index >= 15 is 0 Å². The molecule has 2 aliphatic rings. The van der Waals surface area contributed by atoms with Crippen molar-refractivity contribution in [2.45, 2.75) is 43.8 Å². The standard InChI is InChI=1S/C17H22BrNO4/c1-21-17(12-18)10-14-15(23-17)8-5-9-19(14)16(20)22-11-13-6-3-2-4-7-13/h2-4,6-7,14-15H,5,8-12H2,1H3/t14-,15+,17?/m1/s1. The summed E-state index contributed by atoms with van der Waals surface area (Å²) in [5.41, 5.74) is 0.990. The van der Waals surface area contributed by atoms with Crippen LogP contribution in [0.3, 0.4) is 0 Å². The highest BCUT2D eigenvalue weighted by molar-refractivity contribution is 9.09. The number of halogens is 1. The lowest BCUT2D eigenvalue weighted by atomic mass is 9.97. The second-order valence-corrected chi connectivity index (χ2v) is 6.61. The number of carbonyl (C=O) groups excluding carboxylic acids is 1. The Balaban J connectivity index is 1.64. The van der Waals surface area contributed by atoms with Gasteiger partial charge in [0.05, 0.1) is 17.5 Å². The highest BCUT2D eigenvalue weighted by Gasteiger charge is 2.51. The molecule has 23 heavy (non-hydrogen) atoms. The molecule has 3 rings (SSSR count). The fourth-order valence-corrected chi connectivity index (χ4v) is 3.93. The molecule has 2 heterocycles. The predicted octanol–water partition coefficient (Wildman–Crippen LogP) is 3.31. The topological polar surface area (TPSA) is 48.0 Å². The number of likely N-dealkylation sites (tertiary alicyclic amines) is 1. The summed E-state index contributed by atoms with van der Waals surface area (Å²) in [5.74, 6) is -0.641. The van der Waals surface area contributed by atoms with E-state index in [1.54, 1.807) is 12.0 Å². The Morgan fingerprint density at radius 3 is 2.91 bits per heavy atom. The molecule has 6 heteroatoms. The van der Waals surface area contributed by atoms with Gasteiger partial charge in [0.15, 0.2) is 5.79 Å². The summed E-state index contributed by atoms with van der Waals surface area (Å²) in [5, 5.41) is 0.594. The third-order valence-corrected chi connectivity index (χ3v) is 5.47. The van der Waals surface area contributed by atoms with E-state index in [1.807, 2.05) is 30.3 Å². The molecule has 3 atom stereocenters. The molecule has 0 spiro atoms. The van der Waals surface area contributed by atoms with Gasteiger partial charge in [-0.1, -0.05) is 46.3 Å². The molecule has 1 aromatic carbocycles. The Bertz CT molecular complexity index is 535. The first kappa shape index (κ1) is 16.7. The van der Waals surface area contributed by atoms with Crippen LogP contribution in [0.25, 0.3) is 0 Å².